The minimum Gasteiger partial charge on any atom is -1.00 e. The van der Waals surface area contributed by atoms with Crippen molar-refractivity contribution in [3.63, 3.8) is 0 Å². The number of rotatable bonds is 16. The van der Waals surface area contributed by atoms with Crippen LogP contribution in [0, 0.1) is 55.4 Å². The molecular weight excluding hydrogens is 1420 g/mol. The van der Waals surface area contributed by atoms with Crippen LogP contribution in [-0.4, -0.2) is 113 Å². The Morgan fingerprint density at radius 3 is 1.01 bits per heavy atom. The van der Waals surface area contributed by atoms with Gasteiger partial charge < -0.3 is 11.0 Å². The number of aromatic amines is 6. The van der Waals surface area contributed by atoms with Gasteiger partial charge in [-0.05, 0) is 86.2 Å². The van der Waals surface area contributed by atoms with Crippen LogP contribution >= 0.6 is 23.2 Å². The molecule has 0 aliphatic rings. The van der Waals surface area contributed by atoms with Crippen LogP contribution in [0.4, 0.5) is 0 Å². The molecule has 0 fully saturated rings. The Morgan fingerprint density at radius 1 is 0.516 bits per heavy atom. The van der Waals surface area contributed by atoms with E-state index in [0.717, 1.165) is 41.1 Å². The minimum absolute atomic E-state index is 0. The number of aliphatic hydroxyl groups is 1. The van der Waals surface area contributed by atoms with Gasteiger partial charge in [-0.2, -0.15) is 4.98 Å². The number of allylic oxidation sites excluding steroid dienone is 2. The normalized spacial score (nSPS) is 10.4. The minimum atomic E-state index is -5.94. The molecule has 0 amide bonds. The van der Waals surface area contributed by atoms with E-state index in [1.165, 1.54) is 74.0 Å². The summed E-state index contributed by atoms with van der Waals surface area (Å²) in [5, 5.41) is 10.0. The van der Waals surface area contributed by atoms with Gasteiger partial charge in [-0.1, -0.05) is 13.2 Å². The van der Waals surface area contributed by atoms with Gasteiger partial charge in [-0.3, -0.25) is 105 Å². The van der Waals surface area contributed by atoms with Crippen molar-refractivity contribution in [2.45, 2.75) is 120 Å². The van der Waals surface area contributed by atoms with E-state index in [-0.39, 0.29) is 108 Å². The summed E-state index contributed by atoms with van der Waals surface area (Å²) in [6.45, 7) is 26.4. The van der Waals surface area contributed by atoms with Crippen LogP contribution in [0.1, 0.15) is 46.2 Å². The number of aromatic nitrogens is 14. The van der Waals surface area contributed by atoms with E-state index in [2.05, 4.69) is 72.7 Å². The first kappa shape index (κ1) is 88.6. The average molecular weight is 1490 g/mol. The number of carbonyl (C=O) groups excluding carboxylic acids is 1. The number of halogens is 3. The van der Waals surface area contributed by atoms with Crippen molar-refractivity contribution >= 4 is 45.7 Å². The number of Topliss-reactive ketones (excluding diaryl/α,β-unsaturated/α-hetero) is 1. The number of hydrogen-bond acceptors (Lipinski definition) is 21. The van der Waals surface area contributed by atoms with E-state index in [9.17, 15) is 67.4 Å². The number of H-pyrrole nitrogens is 6. The smallest absolute Gasteiger partial charge is 1.00 e. The van der Waals surface area contributed by atoms with Crippen molar-refractivity contribution in [3.05, 3.63) is 237 Å². The predicted octanol–water partition coefficient (Wildman–Crippen LogP) is -14.1. The third-order valence-electron chi connectivity index (χ3n) is 11.3. The second kappa shape index (κ2) is 40.7. The van der Waals surface area contributed by atoms with Crippen molar-refractivity contribution in [3.8, 4) is 5.88 Å². The standard InChI is InChI=1S/C14H16N4O4.C13H16N4O5.C13H14N4O5.C9H16N2OSi.C4H6Cl2.B.IO4.2Na.H/c1-8(4-17-6-9(2)11(19)15-13(17)21)5-18-7-10(3)12(20)16-14(18)22;2*1-7-3-16(12(21)14-10(7)19)5-9(18)6-17-4-8(2)11(20)15-13(17)22;1-7-6-10-8(2)11-9(7)12-13(3,4)5;1-4(2-5)3-6;;2-1(3,4)5;;;/h6-7H,1,4-5H2,2-3H3,(H,15,19,21)(H,16,20,22);3-4,9,18H,5-6H2,1-2H3,(H,14,19,21)(H,15,20,22);3-4H,5-6H2,1-2H3,(H,14,19,21)(H,15,20,22);6H,1-5H3;1-3H2;;;;;/q;;;;;;-1;2*+1;-1. The maximum atomic E-state index is 12.0. The largest absolute Gasteiger partial charge is 1.00 e. The molecule has 0 aliphatic carbocycles. The summed E-state index contributed by atoms with van der Waals surface area (Å²) in [5.74, 6) is 2.03. The first-order chi connectivity index (χ1) is 41.5. The average Bonchev–Trinajstić information content (AvgIpc) is 0.899. The van der Waals surface area contributed by atoms with E-state index >= 15 is 0 Å². The second-order valence-electron chi connectivity index (χ2n) is 20.7. The van der Waals surface area contributed by atoms with Gasteiger partial charge in [0.15, 0.2) is 5.78 Å². The molecule has 0 saturated carbocycles. The molecule has 0 unspecified atom stereocenters. The van der Waals surface area contributed by atoms with Crippen LogP contribution in [0.3, 0.4) is 0 Å². The Hall–Kier alpha value is -6.50. The first-order valence-electron chi connectivity index (χ1n) is 26.1. The van der Waals surface area contributed by atoms with Crippen molar-refractivity contribution in [2.75, 3.05) is 11.8 Å². The van der Waals surface area contributed by atoms with Crippen LogP contribution in [0.2, 0.25) is 19.6 Å². The topological polar surface area (TPSA) is 494 Å². The maximum absolute atomic E-state index is 12.0. The molecule has 7 rings (SSSR count). The molecule has 7 aromatic rings. The Labute approximate surface area is 592 Å². The summed E-state index contributed by atoms with van der Waals surface area (Å²) in [6.07, 6.45) is 8.86. The Balaban J connectivity index is -0.00000111. The summed E-state index contributed by atoms with van der Waals surface area (Å²) in [4.78, 5) is 171. The number of aryl methyl sites for hydroxylation is 8. The van der Waals surface area contributed by atoms with E-state index in [0.29, 0.717) is 50.7 Å². The molecule has 0 bridgehead atoms. The number of carbonyl (C=O) groups is 1. The van der Waals surface area contributed by atoms with Gasteiger partial charge in [-0.25, -0.2) is 33.8 Å². The summed E-state index contributed by atoms with van der Waals surface area (Å²) in [7, 11) is -1.54. The number of alkyl halides is 2. The molecule has 93 heavy (non-hydrogen) atoms. The molecule has 0 aliphatic heterocycles. The molecule has 0 spiro atoms. The molecular formula is C53H69BCl2IN14Na2O19Si. The summed E-state index contributed by atoms with van der Waals surface area (Å²) in [5.41, 5.74) is -2.08. The number of ketones is 1. The molecule has 0 atom stereocenters. The quantitative estimate of drug-likeness (QED) is 0.0204. The molecule has 7 N–H and O–H groups in total. The van der Waals surface area contributed by atoms with Gasteiger partial charge in [0, 0.05) is 116 Å². The Kier molecular flexibility index (Phi) is 38.7. The summed E-state index contributed by atoms with van der Waals surface area (Å²) < 4.78 is 47.3. The van der Waals surface area contributed by atoms with Crippen LogP contribution < -0.4 is 165 Å². The van der Waals surface area contributed by atoms with Gasteiger partial charge in [0.25, 0.3) is 33.4 Å². The molecule has 0 aromatic carbocycles. The van der Waals surface area contributed by atoms with Gasteiger partial charge in [0.05, 0.1) is 32.3 Å². The zero-order valence-corrected chi connectivity index (χ0v) is 61.9. The fourth-order valence-electron chi connectivity index (χ4n) is 6.86. The molecule has 0 saturated heterocycles. The third kappa shape index (κ3) is 32.5. The number of nitrogens with zero attached hydrogens (tertiary/aromatic N) is 8. The van der Waals surface area contributed by atoms with E-state index in [1.807, 2.05) is 13.8 Å². The van der Waals surface area contributed by atoms with Gasteiger partial charge in [-0.15, -0.1) is 23.2 Å². The fraction of sp³-hybridized carbons (Fsp3) is 0.377. The molecule has 3 radical (unpaired) electrons. The van der Waals surface area contributed by atoms with Crippen molar-refractivity contribution in [1.29, 1.82) is 0 Å². The predicted molar refractivity (Wildman–Crippen MR) is 329 cm³/mol. The zero-order chi connectivity index (χ0) is 68.9. The van der Waals surface area contributed by atoms with Crippen LogP contribution in [0.15, 0.2) is 125 Å². The van der Waals surface area contributed by atoms with Gasteiger partial charge in [0.1, 0.15) is 25.9 Å². The Bertz CT molecular complexity index is 4090. The van der Waals surface area contributed by atoms with E-state index in [4.69, 9.17) is 41.4 Å². The van der Waals surface area contributed by atoms with Crippen LogP contribution in [0.25, 0.3) is 0 Å². The number of nitrogens with one attached hydrogen (secondary N) is 6. The monoisotopic (exact) mass is 1490 g/mol. The summed E-state index contributed by atoms with van der Waals surface area (Å²) >= 11 is 4.60. The van der Waals surface area contributed by atoms with Crippen molar-refractivity contribution in [1.82, 2.24) is 67.3 Å². The third-order valence-corrected chi connectivity index (χ3v) is 12.8. The number of aliphatic hydroxyl groups excluding tert-OH is 1. The Morgan fingerprint density at radius 2 is 0.763 bits per heavy atom. The van der Waals surface area contributed by atoms with Crippen LogP contribution in [0.5, 0.6) is 5.88 Å². The molecule has 7 aromatic heterocycles. The molecule has 40 heteroatoms. The van der Waals surface area contributed by atoms with E-state index in [1.54, 1.807) is 20.0 Å². The maximum Gasteiger partial charge on any atom is 1.00 e. The molecule has 495 valence electrons. The van der Waals surface area contributed by atoms with Gasteiger partial charge in [0.2, 0.25) is 14.2 Å². The van der Waals surface area contributed by atoms with Crippen molar-refractivity contribution < 1.29 is 109 Å². The van der Waals surface area contributed by atoms with Gasteiger partial charge >= 0.3 is 93.3 Å². The first-order valence-corrected chi connectivity index (χ1v) is 34.1. The van der Waals surface area contributed by atoms with Crippen LogP contribution in [-0.2, 0) is 44.1 Å². The second-order valence-corrected chi connectivity index (χ2v) is 27.8. The molecule has 7 heterocycles. The zero-order valence-electron chi connectivity index (χ0n) is 54.3. The van der Waals surface area contributed by atoms with E-state index < -0.39 is 108 Å². The molecule has 33 nitrogen and oxygen atoms in total. The summed E-state index contributed by atoms with van der Waals surface area (Å²) in [6, 6.07) is 0. The van der Waals surface area contributed by atoms with Crippen molar-refractivity contribution in [2.24, 2.45) is 0 Å². The SMILES string of the molecule is C=C(CCl)CCl.C=C(Cn1cc(C)c(=O)[nH]c1=O)Cn1cc(C)c(=O)[nH]c1=O.Cc1cn(CC(=O)Cn2cc(C)c(=O)[nH]c2=O)c(=O)[nH]c1=O.Cc1cn(CC(O)Cn2cc(C)c(=O)[nH]c2=O)c(=O)[nH]c1=O.Cc1ncc(C)c(O[Si](C)(C)C)n1.[B].[H-].[Na+].[Na+].[O-][I+3]([O-])([O-])[O-]. The number of hydrogen-bond donors (Lipinski definition) is 7. The fourth-order valence-corrected chi connectivity index (χ4v) is 7.94.